The Morgan fingerprint density at radius 3 is 2.50 bits per heavy atom. The second-order valence-electron chi connectivity index (χ2n) is 7.02. The maximum atomic E-state index is 12.3. The molecule has 0 bridgehead atoms. The maximum absolute atomic E-state index is 12.3. The molecule has 2 rings (SSSR count). The van der Waals surface area contributed by atoms with E-state index >= 15 is 0 Å². The first-order chi connectivity index (χ1) is 9.51. The van der Waals surface area contributed by atoms with Crippen LogP contribution in [-0.2, 0) is 4.79 Å². The maximum Gasteiger partial charge on any atom is 0.240 e. The molecule has 0 aromatic carbocycles. The van der Waals surface area contributed by atoms with Crippen molar-refractivity contribution < 1.29 is 4.79 Å². The van der Waals surface area contributed by atoms with Crippen molar-refractivity contribution in [3.8, 4) is 0 Å². The number of halogens is 2. The van der Waals surface area contributed by atoms with Crippen molar-refractivity contribution >= 4 is 30.7 Å². The van der Waals surface area contributed by atoms with E-state index in [4.69, 9.17) is 5.73 Å². The van der Waals surface area contributed by atoms with Crippen molar-refractivity contribution in [2.75, 3.05) is 19.6 Å². The number of likely N-dealkylation sites (tertiary alicyclic amines) is 1. The standard InChI is InChI=1S/C16H31N3O.2ClH/c1-13-7-6-10-19(12-13)14(2)11-18-15(20)16(17)8-4-3-5-9-16;;/h13-14H,3-12,17H2,1-2H3,(H,18,20);2*1H. The molecule has 22 heavy (non-hydrogen) atoms. The fourth-order valence-electron chi connectivity index (χ4n) is 3.58. The Morgan fingerprint density at radius 1 is 1.27 bits per heavy atom. The Morgan fingerprint density at radius 2 is 1.91 bits per heavy atom. The van der Waals surface area contributed by atoms with Crippen molar-refractivity contribution in [3.63, 3.8) is 0 Å². The fourth-order valence-corrected chi connectivity index (χ4v) is 3.58. The summed E-state index contributed by atoms with van der Waals surface area (Å²) in [5, 5.41) is 3.10. The third-order valence-electron chi connectivity index (χ3n) is 5.07. The van der Waals surface area contributed by atoms with Crippen LogP contribution in [0.15, 0.2) is 0 Å². The van der Waals surface area contributed by atoms with Gasteiger partial charge in [-0.15, -0.1) is 24.8 Å². The number of nitrogens with zero attached hydrogens (tertiary/aromatic N) is 1. The van der Waals surface area contributed by atoms with Gasteiger partial charge in [-0.1, -0.05) is 26.2 Å². The number of rotatable bonds is 4. The lowest BCUT2D eigenvalue weighted by Crippen LogP contribution is -2.57. The summed E-state index contributed by atoms with van der Waals surface area (Å²) < 4.78 is 0. The molecule has 1 amide bonds. The molecule has 1 saturated heterocycles. The van der Waals surface area contributed by atoms with Gasteiger partial charge in [0.05, 0.1) is 5.54 Å². The number of piperidine rings is 1. The zero-order valence-electron chi connectivity index (χ0n) is 14.0. The van der Waals surface area contributed by atoms with Crippen LogP contribution in [0.4, 0.5) is 0 Å². The van der Waals surface area contributed by atoms with E-state index in [2.05, 4.69) is 24.1 Å². The van der Waals surface area contributed by atoms with E-state index in [0.29, 0.717) is 6.04 Å². The Balaban J connectivity index is 0.00000220. The molecule has 0 spiro atoms. The van der Waals surface area contributed by atoms with E-state index < -0.39 is 5.54 Å². The third-order valence-corrected chi connectivity index (χ3v) is 5.07. The molecule has 1 aliphatic heterocycles. The summed E-state index contributed by atoms with van der Waals surface area (Å²) in [6.45, 7) is 7.57. The number of nitrogens with two attached hydrogens (primary N) is 1. The van der Waals surface area contributed by atoms with Gasteiger partial charge in [-0.25, -0.2) is 0 Å². The Bertz CT molecular complexity index is 335. The highest BCUT2D eigenvalue weighted by atomic mass is 35.5. The first-order valence-electron chi connectivity index (χ1n) is 8.32. The SMILES string of the molecule is CC1CCCN(C(C)CNC(=O)C2(N)CCCCC2)C1.Cl.Cl. The van der Waals surface area contributed by atoms with Crippen LogP contribution in [0.1, 0.15) is 58.8 Å². The van der Waals surface area contributed by atoms with Gasteiger partial charge in [-0.05, 0) is 45.1 Å². The van der Waals surface area contributed by atoms with Crippen molar-refractivity contribution in [2.45, 2.75) is 70.4 Å². The van der Waals surface area contributed by atoms with Gasteiger partial charge in [0.1, 0.15) is 0 Å². The number of nitrogens with one attached hydrogen (secondary N) is 1. The van der Waals surface area contributed by atoms with Crippen LogP contribution in [0.25, 0.3) is 0 Å². The second kappa shape index (κ2) is 9.96. The van der Waals surface area contributed by atoms with E-state index in [1.165, 1.54) is 19.3 Å². The topological polar surface area (TPSA) is 58.4 Å². The van der Waals surface area contributed by atoms with Crippen LogP contribution in [0.2, 0.25) is 0 Å². The van der Waals surface area contributed by atoms with Gasteiger partial charge in [-0.2, -0.15) is 0 Å². The Hall–Kier alpha value is -0.0300. The van der Waals surface area contributed by atoms with Crippen LogP contribution in [0.5, 0.6) is 0 Å². The summed E-state index contributed by atoms with van der Waals surface area (Å²) in [6.07, 6.45) is 7.68. The van der Waals surface area contributed by atoms with E-state index in [-0.39, 0.29) is 30.7 Å². The molecule has 0 radical (unpaired) electrons. The molecule has 0 aromatic heterocycles. The minimum Gasteiger partial charge on any atom is -0.353 e. The van der Waals surface area contributed by atoms with Crippen molar-refractivity contribution in [3.05, 3.63) is 0 Å². The molecule has 0 aromatic rings. The van der Waals surface area contributed by atoms with Crippen LogP contribution < -0.4 is 11.1 Å². The first-order valence-corrected chi connectivity index (χ1v) is 8.32. The molecular formula is C16H33Cl2N3O. The highest BCUT2D eigenvalue weighted by Crippen LogP contribution is 2.26. The summed E-state index contributed by atoms with van der Waals surface area (Å²) >= 11 is 0. The average Bonchev–Trinajstić information content (AvgIpc) is 2.45. The lowest BCUT2D eigenvalue weighted by atomic mass is 9.82. The molecule has 1 aliphatic carbocycles. The summed E-state index contributed by atoms with van der Waals surface area (Å²) in [4.78, 5) is 14.8. The van der Waals surface area contributed by atoms with Gasteiger partial charge >= 0.3 is 0 Å². The molecule has 1 heterocycles. The van der Waals surface area contributed by atoms with E-state index in [0.717, 1.165) is 51.2 Å². The summed E-state index contributed by atoms with van der Waals surface area (Å²) in [5.41, 5.74) is 5.66. The predicted octanol–water partition coefficient (Wildman–Crippen LogP) is 2.73. The van der Waals surface area contributed by atoms with Crippen molar-refractivity contribution in [2.24, 2.45) is 11.7 Å². The van der Waals surface area contributed by atoms with Gasteiger partial charge < -0.3 is 11.1 Å². The smallest absolute Gasteiger partial charge is 0.240 e. The van der Waals surface area contributed by atoms with Crippen molar-refractivity contribution in [1.29, 1.82) is 0 Å². The molecule has 2 fully saturated rings. The van der Waals surface area contributed by atoms with E-state index in [9.17, 15) is 4.79 Å². The highest BCUT2D eigenvalue weighted by molar-refractivity contribution is 5.86. The summed E-state index contributed by atoms with van der Waals surface area (Å²) in [6, 6.07) is 0.411. The monoisotopic (exact) mass is 353 g/mol. The van der Waals surface area contributed by atoms with Crippen LogP contribution >= 0.6 is 24.8 Å². The normalized spacial score (nSPS) is 26.2. The molecule has 4 nitrogen and oxygen atoms in total. The number of hydrogen-bond acceptors (Lipinski definition) is 3. The minimum absolute atomic E-state index is 0. The van der Waals surface area contributed by atoms with Gasteiger partial charge in [0.25, 0.3) is 0 Å². The summed E-state index contributed by atoms with van der Waals surface area (Å²) in [5.74, 6) is 0.843. The van der Waals surface area contributed by atoms with Gasteiger partial charge in [0, 0.05) is 19.1 Å². The highest BCUT2D eigenvalue weighted by Gasteiger charge is 2.35. The quantitative estimate of drug-likeness (QED) is 0.816. The molecule has 2 unspecified atom stereocenters. The predicted molar refractivity (Wildman–Crippen MR) is 96.9 cm³/mol. The number of carbonyl (C=O) groups is 1. The molecule has 132 valence electrons. The lowest BCUT2D eigenvalue weighted by molar-refractivity contribution is -0.127. The van der Waals surface area contributed by atoms with E-state index in [1.807, 2.05) is 0 Å². The average molecular weight is 354 g/mol. The molecule has 2 atom stereocenters. The molecule has 6 heteroatoms. The number of hydrogen-bond donors (Lipinski definition) is 2. The second-order valence-corrected chi connectivity index (χ2v) is 7.02. The van der Waals surface area contributed by atoms with E-state index in [1.54, 1.807) is 0 Å². The zero-order valence-corrected chi connectivity index (χ0v) is 15.6. The molecular weight excluding hydrogens is 321 g/mol. The fraction of sp³-hybridized carbons (Fsp3) is 0.938. The summed E-state index contributed by atoms with van der Waals surface area (Å²) in [7, 11) is 0. The first kappa shape index (κ1) is 22.0. The van der Waals surface area contributed by atoms with Crippen LogP contribution in [0, 0.1) is 5.92 Å². The Labute approximate surface area is 147 Å². The van der Waals surface area contributed by atoms with Crippen LogP contribution in [0.3, 0.4) is 0 Å². The van der Waals surface area contributed by atoms with Gasteiger partial charge in [0.15, 0.2) is 0 Å². The molecule has 1 saturated carbocycles. The van der Waals surface area contributed by atoms with Crippen LogP contribution in [-0.4, -0.2) is 42.0 Å². The number of amides is 1. The lowest BCUT2D eigenvalue weighted by Gasteiger charge is -2.37. The third kappa shape index (κ3) is 5.88. The number of carbonyl (C=O) groups excluding carboxylic acids is 1. The molecule has 3 N–H and O–H groups in total. The van der Waals surface area contributed by atoms with Gasteiger partial charge in [-0.3, -0.25) is 9.69 Å². The minimum atomic E-state index is -0.604. The largest absolute Gasteiger partial charge is 0.353 e. The molecule has 2 aliphatic rings. The zero-order chi connectivity index (χ0) is 14.6. The van der Waals surface area contributed by atoms with Crippen molar-refractivity contribution in [1.82, 2.24) is 10.2 Å². The Kier molecular flexibility index (Phi) is 9.95. The van der Waals surface area contributed by atoms with Gasteiger partial charge in [0.2, 0.25) is 5.91 Å².